The van der Waals surface area contributed by atoms with E-state index in [4.69, 9.17) is 4.42 Å². The van der Waals surface area contributed by atoms with Gasteiger partial charge in [-0.15, -0.1) is 0 Å². The summed E-state index contributed by atoms with van der Waals surface area (Å²) in [7, 11) is 0. The first-order valence-corrected chi connectivity index (χ1v) is 8.64. The van der Waals surface area contributed by atoms with Gasteiger partial charge in [0.1, 0.15) is 5.76 Å². The molecule has 1 unspecified atom stereocenters. The minimum absolute atomic E-state index is 0.0110. The number of hydrogen-bond acceptors (Lipinski definition) is 3. The molecule has 0 saturated carbocycles. The molecule has 128 valence electrons. The number of amides is 1. The Kier molecular flexibility index (Phi) is 3.64. The molecule has 0 spiro atoms. The largest absolute Gasteiger partial charge is 0.469 e. The topological polar surface area (TPSA) is 50.5 Å². The van der Waals surface area contributed by atoms with Crippen LogP contribution in [0.2, 0.25) is 0 Å². The number of anilines is 1. The fraction of sp³-hybridized carbons (Fsp3) is 0.333. The maximum absolute atomic E-state index is 13.0. The van der Waals surface area contributed by atoms with Crippen LogP contribution in [0.5, 0.6) is 0 Å². The summed E-state index contributed by atoms with van der Waals surface area (Å²) in [5, 5.41) is 0. The van der Waals surface area contributed by atoms with E-state index in [9.17, 15) is 9.59 Å². The zero-order valence-electron chi connectivity index (χ0n) is 14.5. The minimum Gasteiger partial charge on any atom is -0.469 e. The molecular weight excluding hydrogens is 314 g/mol. The van der Waals surface area contributed by atoms with Crippen LogP contribution < -0.4 is 4.90 Å². The van der Waals surface area contributed by atoms with Gasteiger partial charge in [0.2, 0.25) is 5.91 Å². The first-order valence-electron chi connectivity index (χ1n) is 8.64. The van der Waals surface area contributed by atoms with E-state index in [-0.39, 0.29) is 29.4 Å². The van der Waals surface area contributed by atoms with Crippen LogP contribution in [-0.2, 0) is 9.59 Å². The van der Waals surface area contributed by atoms with Crippen molar-refractivity contribution in [2.45, 2.75) is 39.0 Å². The molecule has 1 amide bonds. The number of hydrogen-bond donors (Lipinski definition) is 0. The molecule has 2 heterocycles. The fourth-order valence-corrected chi connectivity index (χ4v) is 4.02. The molecule has 1 aliphatic heterocycles. The van der Waals surface area contributed by atoms with Crippen LogP contribution >= 0.6 is 0 Å². The number of furan rings is 1. The smallest absolute Gasteiger partial charge is 0.232 e. The van der Waals surface area contributed by atoms with Gasteiger partial charge in [-0.3, -0.25) is 14.5 Å². The minimum atomic E-state index is -0.277. The SMILES string of the molecule is CC1(C)CC(=O)C2=C(C1)N(c1ccccc1)C(=O)CC2c1ccco1. The first-order chi connectivity index (χ1) is 12.0. The molecule has 0 saturated heterocycles. The normalized spacial score (nSPS) is 23.0. The van der Waals surface area contributed by atoms with E-state index in [2.05, 4.69) is 13.8 Å². The summed E-state index contributed by atoms with van der Waals surface area (Å²) in [5.74, 6) is 0.556. The highest BCUT2D eigenvalue weighted by Crippen LogP contribution is 2.48. The first kappa shape index (κ1) is 15.9. The van der Waals surface area contributed by atoms with Gasteiger partial charge < -0.3 is 4.42 Å². The van der Waals surface area contributed by atoms with Gasteiger partial charge in [0.15, 0.2) is 5.78 Å². The van der Waals surface area contributed by atoms with Gasteiger partial charge in [0.25, 0.3) is 0 Å². The van der Waals surface area contributed by atoms with Gasteiger partial charge in [-0.05, 0) is 36.1 Å². The van der Waals surface area contributed by atoms with Crippen LogP contribution in [0.1, 0.15) is 44.8 Å². The summed E-state index contributed by atoms with van der Waals surface area (Å²) >= 11 is 0. The summed E-state index contributed by atoms with van der Waals surface area (Å²) in [6.07, 6.45) is 3.06. The molecule has 1 aromatic carbocycles. The zero-order chi connectivity index (χ0) is 17.6. The van der Waals surface area contributed by atoms with Crippen molar-refractivity contribution in [2.75, 3.05) is 4.90 Å². The number of Topliss-reactive ketones (excluding diaryl/α,β-unsaturated/α-hetero) is 1. The Morgan fingerprint density at radius 1 is 1.04 bits per heavy atom. The third-order valence-electron chi connectivity index (χ3n) is 5.04. The molecular formula is C21H21NO3. The van der Waals surface area contributed by atoms with Gasteiger partial charge in [-0.1, -0.05) is 32.0 Å². The molecule has 4 rings (SSSR count). The second-order valence-corrected chi connectivity index (χ2v) is 7.64. The maximum atomic E-state index is 13.0. The lowest BCUT2D eigenvalue weighted by atomic mass is 9.70. The molecule has 0 N–H and O–H groups in total. The summed E-state index contributed by atoms with van der Waals surface area (Å²) in [6.45, 7) is 4.16. The fourth-order valence-electron chi connectivity index (χ4n) is 4.02. The predicted octanol–water partition coefficient (Wildman–Crippen LogP) is 4.44. The lowest BCUT2D eigenvalue weighted by Crippen LogP contribution is -2.43. The van der Waals surface area contributed by atoms with E-state index in [0.717, 1.165) is 17.0 Å². The van der Waals surface area contributed by atoms with Gasteiger partial charge >= 0.3 is 0 Å². The number of allylic oxidation sites excluding steroid dienone is 2. The van der Waals surface area contributed by atoms with E-state index in [1.165, 1.54) is 0 Å². The molecule has 4 heteroatoms. The average molecular weight is 335 g/mol. The number of carbonyl (C=O) groups is 2. The van der Waals surface area contributed by atoms with Crippen LogP contribution in [0.4, 0.5) is 5.69 Å². The number of para-hydroxylation sites is 1. The van der Waals surface area contributed by atoms with Crippen molar-refractivity contribution >= 4 is 17.4 Å². The Labute approximate surface area is 147 Å². The lowest BCUT2D eigenvalue weighted by Gasteiger charge is -2.42. The zero-order valence-corrected chi connectivity index (χ0v) is 14.5. The number of rotatable bonds is 2. The third-order valence-corrected chi connectivity index (χ3v) is 5.04. The summed E-state index contributed by atoms with van der Waals surface area (Å²) in [6, 6.07) is 13.3. The summed E-state index contributed by atoms with van der Waals surface area (Å²) in [4.78, 5) is 27.8. The summed E-state index contributed by atoms with van der Waals surface area (Å²) < 4.78 is 5.55. The Morgan fingerprint density at radius 3 is 2.48 bits per heavy atom. The van der Waals surface area contributed by atoms with Crippen molar-refractivity contribution in [3.63, 3.8) is 0 Å². The van der Waals surface area contributed by atoms with E-state index in [1.54, 1.807) is 17.2 Å². The molecule has 0 fully saturated rings. The molecule has 1 aliphatic carbocycles. The van der Waals surface area contributed by atoms with Crippen LogP contribution in [-0.4, -0.2) is 11.7 Å². The van der Waals surface area contributed by atoms with Crippen LogP contribution in [0.25, 0.3) is 0 Å². The Bertz CT molecular complexity index is 847. The second-order valence-electron chi connectivity index (χ2n) is 7.64. The molecule has 2 aliphatic rings. The standard InChI is InChI=1S/C21H21NO3/c1-21(2)12-16-20(17(23)13-21)15(18-9-6-10-25-18)11-19(24)22(16)14-7-4-3-5-8-14/h3-10,15H,11-13H2,1-2H3. The van der Waals surface area contributed by atoms with Crippen LogP contribution in [0.15, 0.2) is 64.4 Å². The van der Waals surface area contributed by atoms with E-state index < -0.39 is 0 Å². The van der Waals surface area contributed by atoms with Gasteiger partial charge in [-0.2, -0.15) is 0 Å². The second kappa shape index (κ2) is 5.73. The molecule has 0 bridgehead atoms. The number of ketones is 1. The highest BCUT2D eigenvalue weighted by Gasteiger charge is 2.45. The molecule has 1 aromatic heterocycles. The molecule has 4 nitrogen and oxygen atoms in total. The molecule has 1 atom stereocenters. The van der Waals surface area contributed by atoms with Crippen molar-refractivity contribution in [3.05, 3.63) is 65.8 Å². The highest BCUT2D eigenvalue weighted by molar-refractivity contribution is 6.07. The maximum Gasteiger partial charge on any atom is 0.232 e. The van der Waals surface area contributed by atoms with Crippen LogP contribution in [0.3, 0.4) is 0 Å². The lowest BCUT2D eigenvalue weighted by molar-refractivity contribution is -0.121. The van der Waals surface area contributed by atoms with E-state index >= 15 is 0 Å². The molecule has 2 aromatic rings. The summed E-state index contributed by atoms with van der Waals surface area (Å²) in [5.41, 5.74) is 2.25. The van der Waals surface area contributed by atoms with Gasteiger partial charge in [0.05, 0.1) is 12.2 Å². The van der Waals surface area contributed by atoms with Crippen molar-refractivity contribution in [2.24, 2.45) is 5.41 Å². The number of nitrogens with zero attached hydrogens (tertiary/aromatic N) is 1. The quantitative estimate of drug-likeness (QED) is 0.815. The Hall–Kier alpha value is -2.62. The van der Waals surface area contributed by atoms with Crippen LogP contribution in [0, 0.1) is 5.41 Å². The third kappa shape index (κ3) is 2.72. The van der Waals surface area contributed by atoms with E-state index in [1.807, 2.05) is 36.4 Å². The Morgan fingerprint density at radius 2 is 1.80 bits per heavy atom. The number of benzene rings is 1. The van der Waals surface area contributed by atoms with Crippen molar-refractivity contribution in [3.8, 4) is 0 Å². The number of carbonyl (C=O) groups excluding carboxylic acids is 2. The van der Waals surface area contributed by atoms with Gasteiger partial charge in [0, 0.05) is 29.8 Å². The predicted molar refractivity (Wildman–Crippen MR) is 95.0 cm³/mol. The van der Waals surface area contributed by atoms with Crippen molar-refractivity contribution in [1.82, 2.24) is 0 Å². The monoisotopic (exact) mass is 335 g/mol. The molecule has 0 radical (unpaired) electrons. The van der Waals surface area contributed by atoms with Crippen molar-refractivity contribution in [1.29, 1.82) is 0 Å². The van der Waals surface area contributed by atoms with Gasteiger partial charge in [-0.25, -0.2) is 0 Å². The van der Waals surface area contributed by atoms with Crippen molar-refractivity contribution < 1.29 is 14.0 Å². The van der Waals surface area contributed by atoms with E-state index in [0.29, 0.717) is 18.6 Å². The Balaban J connectivity index is 1.90. The molecule has 25 heavy (non-hydrogen) atoms. The average Bonchev–Trinajstić information content (AvgIpc) is 3.07. The highest BCUT2D eigenvalue weighted by atomic mass is 16.3.